The van der Waals surface area contributed by atoms with Gasteiger partial charge in [-0.25, -0.2) is 0 Å². The van der Waals surface area contributed by atoms with Crippen LogP contribution in [0.25, 0.3) is 0 Å². The SMILES string of the molecule is CCC(C)(C)C(Br)Cc1ccc(C)c(C)c1. The van der Waals surface area contributed by atoms with Crippen LogP contribution in [-0.2, 0) is 6.42 Å². The molecule has 0 amide bonds. The van der Waals surface area contributed by atoms with E-state index in [9.17, 15) is 0 Å². The summed E-state index contributed by atoms with van der Waals surface area (Å²) in [5.74, 6) is 0. The van der Waals surface area contributed by atoms with E-state index in [0.717, 1.165) is 6.42 Å². The van der Waals surface area contributed by atoms with Crippen molar-refractivity contribution in [3.8, 4) is 0 Å². The zero-order valence-electron chi connectivity index (χ0n) is 11.1. The lowest BCUT2D eigenvalue weighted by Gasteiger charge is -2.29. The van der Waals surface area contributed by atoms with Crippen molar-refractivity contribution in [3.05, 3.63) is 34.9 Å². The van der Waals surface area contributed by atoms with Gasteiger partial charge in [-0.05, 0) is 48.8 Å². The van der Waals surface area contributed by atoms with E-state index in [1.54, 1.807) is 0 Å². The first kappa shape index (κ1) is 13.8. The van der Waals surface area contributed by atoms with Gasteiger partial charge in [-0.1, -0.05) is 54.9 Å². The summed E-state index contributed by atoms with van der Waals surface area (Å²) in [5.41, 5.74) is 4.57. The van der Waals surface area contributed by atoms with Gasteiger partial charge >= 0.3 is 0 Å². The average Bonchev–Trinajstić information content (AvgIpc) is 2.23. The predicted octanol–water partition coefficient (Wildman–Crippen LogP) is 5.05. The first-order valence-electron chi connectivity index (χ1n) is 6.07. The maximum absolute atomic E-state index is 3.84. The second-order valence-electron chi connectivity index (χ2n) is 5.43. The topological polar surface area (TPSA) is 0 Å². The zero-order valence-corrected chi connectivity index (χ0v) is 12.7. The number of halogens is 1. The molecule has 0 heterocycles. The molecule has 0 aliphatic rings. The monoisotopic (exact) mass is 282 g/mol. The summed E-state index contributed by atoms with van der Waals surface area (Å²) in [6.07, 6.45) is 2.32. The Bertz CT molecular complexity index is 352. The molecule has 1 aromatic carbocycles. The molecule has 0 aromatic heterocycles. The predicted molar refractivity (Wildman–Crippen MR) is 76.4 cm³/mol. The molecule has 0 aliphatic carbocycles. The van der Waals surface area contributed by atoms with E-state index in [4.69, 9.17) is 0 Å². The van der Waals surface area contributed by atoms with Crippen molar-refractivity contribution in [2.45, 2.75) is 52.3 Å². The van der Waals surface area contributed by atoms with E-state index < -0.39 is 0 Å². The molecule has 0 saturated carbocycles. The normalized spacial score (nSPS) is 13.9. The molecule has 0 bridgehead atoms. The van der Waals surface area contributed by atoms with E-state index >= 15 is 0 Å². The fourth-order valence-electron chi connectivity index (χ4n) is 1.64. The molecule has 16 heavy (non-hydrogen) atoms. The van der Waals surface area contributed by atoms with Gasteiger partial charge in [-0.3, -0.25) is 0 Å². The maximum Gasteiger partial charge on any atom is 0.0237 e. The van der Waals surface area contributed by atoms with Gasteiger partial charge in [0, 0.05) is 4.83 Å². The molecule has 1 aromatic rings. The van der Waals surface area contributed by atoms with Gasteiger partial charge < -0.3 is 0 Å². The molecule has 1 heteroatoms. The van der Waals surface area contributed by atoms with Gasteiger partial charge in [0.05, 0.1) is 0 Å². The molecule has 1 unspecified atom stereocenters. The summed E-state index contributed by atoms with van der Waals surface area (Å²) in [6.45, 7) is 11.3. The molecular weight excluding hydrogens is 260 g/mol. The van der Waals surface area contributed by atoms with Crippen LogP contribution in [0.15, 0.2) is 18.2 Å². The van der Waals surface area contributed by atoms with Crippen molar-refractivity contribution in [2.24, 2.45) is 5.41 Å². The Kier molecular flexibility index (Phi) is 4.61. The van der Waals surface area contributed by atoms with E-state index in [1.165, 1.54) is 23.1 Å². The lowest BCUT2D eigenvalue weighted by Crippen LogP contribution is -2.25. The summed E-state index contributed by atoms with van der Waals surface area (Å²) in [4.78, 5) is 0.548. The molecule has 0 spiro atoms. The molecule has 90 valence electrons. The van der Waals surface area contributed by atoms with E-state index in [2.05, 4.69) is 68.7 Å². The Hall–Kier alpha value is -0.300. The Morgan fingerprint density at radius 1 is 1.19 bits per heavy atom. The molecule has 0 radical (unpaired) electrons. The molecule has 0 fully saturated rings. The van der Waals surface area contributed by atoms with E-state index in [0.29, 0.717) is 10.2 Å². The van der Waals surface area contributed by atoms with Gasteiger partial charge in [0.1, 0.15) is 0 Å². The quantitative estimate of drug-likeness (QED) is 0.679. The third kappa shape index (κ3) is 3.35. The summed E-state index contributed by atoms with van der Waals surface area (Å²) >= 11 is 3.84. The summed E-state index contributed by atoms with van der Waals surface area (Å²) < 4.78 is 0. The lowest BCUT2D eigenvalue weighted by molar-refractivity contribution is 0.340. The summed E-state index contributed by atoms with van der Waals surface area (Å²) in [7, 11) is 0. The van der Waals surface area contributed by atoms with Crippen molar-refractivity contribution < 1.29 is 0 Å². The number of benzene rings is 1. The maximum atomic E-state index is 3.84. The first-order valence-corrected chi connectivity index (χ1v) is 6.98. The molecule has 0 saturated heterocycles. The van der Waals surface area contributed by atoms with Crippen molar-refractivity contribution in [1.82, 2.24) is 0 Å². The number of hydrogen-bond acceptors (Lipinski definition) is 0. The number of rotatable bonds is 4. The van der Waals surface area contributed by atoms with E-state index in [1.807, 2.05) is 0 Å². The van der Waals surface area contributed by atoms with Gasteiger partial charge in [-0.2, -0.15) is 0 Å². The van der Waals surface area contributed by atoms with Crippen LogP contribution in [0.3, 0.4) is 0 Å². The number of aryl methyl sites for hydroxylation is 2. The minimum absolute atomic E-state index is 0.360. The fourth-order valence-corrected chi connectivity index (χ4v) is 2.33. The smallest absolute Gasteiger partial charge is 0.0237 e. The van der Waals surface area contributed by atoms with Crippen LogP contribution in [0, 0.1) is 19.3 Å². The summed E-state index contributed by atoms with van der Waals surface area (Å²) in [6, 6.07) is 6.79. The van der Waals surface area contributed by atoms with Crippen molar-refractivity contribution in [1.29, 1.82) is 0 Å². The zero-order chi connectivity index (χ0) is 12.3. The Balaban J connectivity index is 2.77. The highest BCUT2D eigenvalue weighted by molar-refractivity contribution is 9.09. The number of alkyl halides is 1. The van der Waals surface area contributed by atoms with Crippen LogP contribution in [0.5, 0.6) is 0 Å². The van der Waals surface area contributed by atoms with Crippen molar-refractivity contribution in [2.75, 3.05) is 0 Å². The van der Waals surface area contributed by atoms with Crippen LogP contribution < -0.4 is 0 Å². The summed E-state index contributed by atoms with van der Waals surface area (Å²) in [5, 5.41) is 0. The molecule has 0 aliphatic heterocycles. The standard InChI is InChI=1S/C15H23Br/c1-6-15(4,5)14(16)10-13-8-7-11(2)12(3)9-13/h7-9,14H,6,10H2,1-5H3. The first-order chi connectivity index (χ1) is 7.36. The second kappa shape index (κ2) is 5.35. The average molecular weight is 283 g/mol. The largest absolute Gasteiger partial charge is 0.0881 e. The van der Waals surface area contributed by atoms with Crippen LogP contribution in [0.2, 0.25) is 0 Å². The van der Waals surface area contributed by atoms with Gasteiger partial charge in [-0.15, -0.1) is 0 Å². The highest BCUT2D eigenvalue weighted by Crippen LogP contribution is 2.33. The van der Waals surface area contributed by atoms with E-state index in [-0.39, 0.29) is 0 Å². The molecule has 0 N–H and O–H groups in total. The van der Waals surface area contributed by atoms with Gasteiger partial charge in [0.25, 0.3) is 0 Å². The minimum Gasteiger partial charge on any atom is -0.0881 e. The lowest BCUT2D eigenvalue weighted by atomic mass is 9.83. The third-order valence-corrected chi connectivity index (χ3v) is 5.31. The highest BCUT2D eigenvalue weighted by atomic mass is 79.9. The van der Waals surface area contributed by atoms with Crippen molar-refractivity contribution in [3.63, 3.8) is 0 Å². The molecule has 1 rings (SSSR count). The molecule has 1 atom stereocenters. The number of hydrogen-bond donors (Lipinski definition) is 0. The van der Waals surface area contributed by atoms with Crippen LogP contribution >= 0.6 is 15.9 Å². The van der Waals surface area contributed by atoms with Crippen molar-refractivity contribution >= 4 is 15.9 Å². The Labute approximate surface area is 109 Å². The fraction of sp³-hybridized carbons (Fsp3) is 0.600. The van der Waals surface area contributed by atoms with Gasteiger partial charge in [0.2, 0.25) is 0 Å². The molecule has 0 nitrogen and oxygen atoms in total. The van der Waals surface area contributed by atoms with Crippen LogP contribution in [0.1, 0.15) is 43.9 Å². The Morgan fingerprint density at radius 2 is 1.81 bits per heavy atom. The third-order valence-electron chi connectivity index (χ3n) is 3.75. The second-order valence-corrected chi connectivity index (χ2v) is 6.54. The highest BCUT2D eigenvalue weighted by Gasteiger charge is 2.25. The van der Waals surface area contributed by atoms with Crippen LogP contribution in [0.4, 0.5) is 0 Å². The Morgan fingerprint density at radius 3 is 2.31 bits per heavy atom. The van der Waals surface area contributed by atoms with Gasteiger partial charge in [0.15, 0.2) is 0 Å². The molecular formula is C15H23Br. The van der Waals surface area contributed by atoms with Crippen LogP contribution in [-0.4, -0.2) is 4.83 Å². The minimum atomic E-state index is 0.360.